The minimum Gasteiger partial charge on any atom is -0.497 e. The van der Waals surface area contributed by atoms with Crippen LogP contribution in [0.3, 0.4) is 0 Å². The number of aromatic nitrogens is 4. The van der Waals surface area contributed by atoms with Crippen molar-refractivity contribution >= 4 is 0 Å². The van der Waals surface area contributed by atoms with Gasteiger partial charge in [0.25, 0.3) is 0 Å². The molecule has 1 saturated carbocycles. The van der Waals surface area contributed by atoms with Gasteiger partial charge < -0.3 is 14.8 Å². The van der Waals surface area contributed by atoms with Crippen LogP contribution in [0.15, 0.2) is 42.6 Å². The molecular weight excluding hydrogens is 414 g/mol. The monoisotopic (exact) mass is 447 g/mol. The number of ether oxygens (including phenoxy) is 2. The molecule has 1 atom stereocenters. The third kappa shape index (κ3) is 4.74. The molecule has 0 radical (unpaired) electrons. The van der Waals surface area contributed by atoms with E-state index in [2.05, 4.69) is 45.9 Å². The fourth-order valence-electron chi connectivity index (χ4n) is 5.23. The van der Waals surface area contributed by atoms with E-state index in [1.165, 1.54) is 11.3 Å². The van der Waals surface area contributed by atoms with Crippen LogP contribution in [0.4, 0.5) is 0 Å². The summed E-state index contributed by atoms with van der Waals surface area (Å²) < 4.78 is 14.0. The van der Waals surface area contributed by atoms with Crippen LogP contribution in [0.2, 0.25) is 0 Å². The summed E-state index contributed by atoms with van der Waals surface area (Å²) in [5.41, 5.74) is 2.46. The molecule has 2 aliphatic rings. The lowest BCUT2D eigenvalue weighted by Crippen LogP contribution is -2.37. The second-order valence-corrected chi connectivity index (χ2v) is 9.49. The van der Waals surface area contributed by atoms with E-state index < -0.39 is 0 Å². The molecule has 5 rings (SSSR count). The number of fused-ring (bicyclic) bond motifs is 3. The Labute approximate surface area is 195 Å². The number of methoxy groups -OCH3 is 1. The molecule has 0 saturated heterocycles. The summed E-state index contributed by atoms with van der Waals surface area (Å²) in [4.78, 5) is 4.31. The third-order valence-corrected chi connectivity index (χ3v) is 6.71. The molecule has 0 bridgehead atoms. The van der Waals surface area contributed by atoms with Crippen LogP contribution >= 0.6 is 0 Å². The van der Waals surface area contributed by atoms with E-state index in [1.54, 1.807) is 13.3 Å². The smallest absolute Gasteiger partial charge is 0.213 e. The van der Waals surface area contributed by atoms with E-state index >= 15 is 0 Å². The molecule has 2 aromatic heterocycles. The highest BCUT2D eigenvalue weighted by molar-refractivity contribution is 5.49. The van der Waals surface area contributed by atoms with Crippen molar-refractivity contribution in [3.63, 3.8) is 0 Å². The number of nitrogens with one attached hydrogen (secondary N) is 1. The Morgan fingerprint density at radius 3 is 2.61 bits per heavy atom. The zero-order valence-electron chi connectivity index (χ0n) is 19.7. The number of benzene rings is 1. The van der Waals surface area contributed by atoms with Gasteiger partial charge in [0.15, 0.2) is 0 Å². The number of nitrogens with zero attached hydrogens (tertiary/aromatic N) is 4. The van der Waals surface area contributed by atoms with Gasteiger partial charge in [-0.3, -0.25) is 4.57 Å². The second kappa shape index (κ2) is 9.51. The number of hydrogen-bond acceptors (Lipinski definition) is 6. The van der Waals surface area contributed by atoms with Crippen LogP contribution in [-0.4, -0.2) is 45.0 Å². The molecule has 7 heteroatoms. The van der Waals surface area contributed by atoms with Gasteiger partial charge in [-0.05, 0) is 61.9 Å². The first kappa shape index (κ1) is 21.9. The molecule has 1 aliphatic heterocycles. The van der Waals surface area contributed by atoms with Crippen molar-refractivity contribution in [3.8, 4) is 17.3 Å². The van der Waals surface area contributed by atoms with Gasteiger partial charge in [0.2, 0.25) is 5.88 Å². The van der Waals surface area contributed by atoms with Crippen LogP contribution in [0, 0.1) is 0 Å². The third-order valence-electron chi connectivity index (χ3n) is 6.71. The van der Waals surface area contributed by atoms with Gasteiger partial charge in [0.1, 0.15) is 23.5 Å². The lowest BCUT2D eigenvalue weighted by atomic mass is 9.86. The first-order valence-corrected chi connectivity index (χ1v) is 12.1. The second-order valence-electron chi connectivity index (χ2n) is 9.49. The largest absolute Gasteiger partial charge is 0.497 e. The van der Waals surface area contributed by atoms with E-state index in [9.17, 15) is 0 Å². The minimum atomic E-state index is 0.207. The highest BCUT2D eigenvalue weighted by atomic mass is 16.5. The Kier molecular flexibility index (Phi) is 6.31. The quantitative estimate of drug-likeness (QED) is 0.609. The van der Waals surface area contributed by atoms with Crippen LogP contribution in [0.1, 0.15) is 62.7 Å². The Morgan fingerprint density at radius 2 is 1.88 bits per heavy atom. The predicted molar refractivity (Wildman–Crippen MR) is 127 cm³/mol. The molecule has 33 heavy (non-hydrogen) atoms. The molecular formula is C26H33N5O2. The maximum atomic E-state index is 6.11. The van der Waals surface area contributed by atoms with Crippen LogP contribution in [-0.2, 0) is 12.8 Å². The van der Waals surface area contributed by atoms with E-state index in [4.69, 9.17) is 14.6 Å². The molecule has 1 fully saturated rings. The van der Waals surface area contributed by atoms with Crippen molar-refractivity contribution in [2.75, 3.05) is 7.11 Å². The standard InChI is InChI=1S/C26H33N5O2/c1-17(2)28-20-14-19-15-22(32-3)11-12-23(19)31-24(16-20)29-30-26(31)18-7-9-21(10-8-18)33-25-6-4-5-13-27-25/h4-6,11-13,15,17-18,20-21,28H,7-10,14,16H2,1-3H3. The summed E-state index contributed by atoms with van der Waals surface area (Å²) in [5, 5.41) is 13.1. The van der Waals surface area contributed by atoms with E-state index in [-0.39, 0.29) is 6.10 Å². The first-order chi connectivity index (χ1) is 16.1. The fraction of sp³-hybridized carbons (Fsp3) is 0.500. The van der Waals surface area contributed by atoms with Crippen molar-refractivity contribution in [2.24, 2.45) is 0 Å². The van der Waals surface area contributed by atoms with E-state index in [1.807, 2.05) is 24.3 Å². The zero-order valence-corrected chi connectivity index (χ0v) is 19.7. The van der Waals surface area contributed by atoms with E-state index in [0.29, 0.717) is 23.9 Å². The average Bonchev–Trinajstić information content (AvgIpc) is 3.16. The molecule has 174 valence electrons. The molecule has 0 amide bonds. The van der Waals surface area contributed by atoms with Gasteiger partial charge >= 0.3 is 0 Å². The maximum Gasteiger partial charge on any atom is 0.213 e. The van der Waals surface area contributed by atoms with Crippen molar-refractivity contribution < 1.29 is 9.47 Å². The molecule has 7 nitrogen and oxygen atoms in total. The summed E-state index contributed by atoms with van der Waals surface area (Å²) in [6.45, 7) is 4.39. The summed E-state index contributed by atoms with van der Waals surface area (Å²) in [7, 11) is 1.73. The number of rotatable bonds is 6. The van der Waals surface area contributed by atoms with Gasteiger partial charge in [-0.25, -0.2) is 4.98 Å². The summed E-state index contributed by atoms with van der Waals surface area (Å²) in [6, 6.07) is 12.9. The number of pyridine rings is 1. The topological polar surface area (TPSA) is 74.1 Å². The first-order valence-electron chi connectivity index (χ1n) is 12.1. The van der Waals surface area contributed by atoms with Crippen molar-refractivity contribution in [1.82, 2.24) is 25.1 Å². The van der Waals surface area contributed by atoms with Gasteiger partial charge in [-0.1, -0.05) is 19.9 Å². The van der Waals surface area contributed by atoms with Gasteiger partial charge in [-0.15, -0.1) is 10.2 Å². The lowest BCUT2D eigenvalue weighted by molar-refractivity contribution is 0.139. The molecule has 1 aromatic carbocycles. The SMILES string of the molecule is COc1ccc2c(c1)CC(NC(C)C)Cc1nnc(C3CCC(Oc4ccccn4)CC3)n1-2. The van der Waals surface area contributed by atoms with E-state index in [0.717, 1.165) is 55.9 Å². The predicted octanol–water partition coefficient (Wildman–Crippen LogP) is 4.24. The summed E-state index contributed by atoms with van der Waals surface area (Å²) >= 11 is 0. The summed E-state index contributed by atoms with van der Waals surface area (Å²) in [5.74, 6) is 4.10. The Hall–Kier alpha value is -2.93. The average molecular weight is 448 g/mol. The Balaban J connectivity index is 1.40. The Bertz CT molecular complexity index is 1070. The normalized spacial score (nSPS) is 22.4. The van der Waals surface area contributed by atoms with Crippen LogP contribution < -0.4 is 14.8 Å². The molecule has 3 heterocycles. The Morgan fingerprint density at radius 1 is 1.03 bits per heavy atom. The van der Waals surface area contributed by atoms with Gasteiger partial charge in [0.05, 0.1) is 12.8 Å². The molecule has 1 N–H and O–H groups in total. The number of hydrogen-bond donors (Lipinski definition) is 1. The van der Waals surface area contributed by atoms with Crippen molar-refractivity contribution in [3.05, 3.63) is 59.8 Å². The fourth-order valence-corrected chi connectivity index (χ4v) is 5.23. The zero-order chi connectivity index (χ0) is 22.8. The highest BCUT2D eigenvalue weighted by Gasteiger charge is 2.32. The van der Waals surface area contributed by atoms with Crippen molar-refractivity contribution in [2.45, 2.75) is 76.5 Å². The summed E-state index contributed by atoms with van der Waals surface area (Å²) in [6.07, 6.45) is 7.86. The molecule has 1 aliphatic carbocycles. The molecule has 0 spiro atoms. The van der Waals surface area contributed by atoms with Gasteiger partial charge in [0, 0.05) is 36.7 Å². The van der Waals surface area contributed by atoms with Crippen molar-refractivity contribution in [1.29, 1.82) is 0 Å². The van der Waals surface area contributed by atoms with Crippen LogP contribution in [0.25, 0.3) is 5.69 Å². The minimum absolute atomic E-state index is 0.207. The maximum absolute atomic E-state index is 6.11. The highest BCUT2D eigenvalue weighted by Crippen LogP contribution is 2.37. The molecule has 3 aromatic rings. The molecule has 1 unspecified atom stereocenters. The van der Waals surface area contributed by atoms with Gasteiger partial charge in [-0.2, -0.15) is 0 Å². The lowest BCUT2D eigenvalue weighted by Gasteiger charge is -2.28. The van der Waals surface area contributed by atoms with Crippen LogP contribution in [0.5, 0.6) is 11.6 Å².